The third-order valence-electron chi connectivity index (χ3n) is 4.25. The molecule has 2 aromatic rings. The molecule has 0 unspecified atom stereocenters. The Kier molecular flexibility index (Phi) is 5.53. The molecule has 128 valence electrons. The van der Waals surface area contributed by atoms with Crippen molar-refractivity contribution in [2.24, 2.45) is 0 Å². The molecule has 4 nitrogen and oxygen atoms in total. The number of nitrogens with zero attached hydrogens (tertiary/aromatic N) is 1. The standard InChI is InChI=1S/C19H23NO3S/c1-14-11-17(23-12-15-7-4-3-5-8-15)18(24-14)19(21)20-10-6-9-16(20)13-22-2/h3-5,7-8,11,16H,6,9-10,12-13H2,1-2H3/t16-/m1/s1. The quantitative estimate of drug-likeness (QED) is 0.797. The molecule has 1 aromatic heterocycles. The monoisotopic (exact) mass is 345 g/mol. The summed E-state index contributed by atoms with van der Waals surface area (Å²) in [4.78, 5) is 16.7. The van der Waals surface area contributed by atoms with Gasteiger partial charge in [-0.15, -0.1) is 11.3 Å². The first kappa shape index (κ1) is 17.0. The second-order valence-corrected chi connectivity index (χ2v) is 7.33. The first-order valence-electron chi connectivity index (χ1n) is 8.26. The van der Waals surface area contributed by atoms with Crippen molar-refractivity contribution in [3.8, 4) is 5.75 Å². The molecule has 5 heteroatoms. The van der Waals surface area contributed by atoms with Crippen LogP contribution in [0.25, 0.3) is 0 Å². The molecule has 1 fully saturated rings. The van der Waals surface area contributed by atoms with E-state index < -0.39 is 0 Å². The minimum Gasteiger partial charge on any atom is -0.487 e. The normalized spacial score (nSPS) is 17.2. The molecule has 0 spiro atoms. The van der Waals surface area contributed by atoms with Crippen molar-refractivity contribution in [2.75, 3.05) is 20.3 Å². The lowest BCUT2D eigenvalue weighted by molar-refractivity contribution is 0.0631. The highest BCUT2D eigenvalue weighted by molar-refractivity contribution is 7.14. The van der Waals surface area contributed by atoms with Crippen molar-refractivity contribution in [3.63, 3.8) is 0 Å². The molecule has 1 aromatic carbocycles. The van der Waals surface area contributed by atoms with E-state index in [1.54, 1.807) is 7.11 Å². The summed E-state index contributed by atoms with van der Waals surface area (Å²) in [6.45, 7) is 3.87. The minimum absolute atomic E-state index is 0.0655. The Balaban J connectivity index is 1.74. The Morgan fingerprint density at radius 3 is 2.88 bits per heavy atom. The average Bonchev–Trinajstić information content (AvgIpc) is 3.20. The van der Waals surface area contributed by atoms with E-state index in [9.17, 15) is 4.79 Å². The molecular weight excluding hydrogens is 322 g/mol. The van der Waals surface area contributed by atoms with Crippen LogP contribution in [-0.4, -0.2) is 37.1 Å². The van der Waals surface area contributed by atoms with Crippen LogP contribution in [-0.2, 0) is 11.3 Å². The van der Waals surface area contributed by atoms with Gasteiger partial charge in [0.25, 0.3) is 5.91 Å². The number of benzene rings is 1. The number of rotatable bonds is 6. The van der Waals surface area contributed by atoms with Gasteiger partial charge in [-0.3, -0.25) is 4.79 Å². The number of carbonyl (C=O) groups excluding carboxylic acids is 1. The number of methoxy groups -OCH3 is 1. The predicted octanol–water partition coefficient (Wildman–Crippen LogP) is 3.89. The van der Waals surface area contributed by atoms with Crippen molar-refractivity contribution in [2.45, 2.75) is 32.4 Å². The number of thiophene rings is 1. The number of amides is 1. The van der Waals surface area contributed by atoms with Gasteiger partial charge in [0.05, 0.1) is 12.6 Å². The molecule has 24 heavy (non-hydrogen) atoms. The largest absolute Gasteiger partial charge is 0.487 e. The smallest absolute Gasteiger partial charge is 0.268 e. The van der Waals surface area contributed by atoms with E-state index in [1.165, 1.54) is 11.3 Å². The van der Waals surface area contributed by atoms with E-state index in [0.717, 1.165) is 29.8 Å². The predicted molar refractivity (Wildman–Crippen MR) is 95.8 cm³/mol. The summed E-state index contributed by atoms with van der Waals surface area (Å²) in [5.41, 5.74) is 1.10. The Morgan fingerprint density at radius 1 is 1.33 bits per heavy atom. The summed E-state index contributed by atoms with van der Waals surface area (Å²) < 4.78 is 11.2. The highest BCUT2D eigenvalue weighted by atomic mass is 32.1. The van der Waals surface area contributed by atoms with Crippen molar-refractivity contribution in [1.82, 2.24) is 4.90 Å². The van der Waals surface area contributed by atoms with E-state index in [0.29, 0.717) is 23.8 Å². The van der Waals surface area contributed by atoms with Gasteiger partial charge in [-0.1, -0.05) is 30.3 Å². The summed E-state index contributed by atoms with van der Waals surface area (Å²) >= 11 is 1.51. The highest BCUT2D eigenvalue weighted by Gasteiger charge is 2.31. The van der Waals surface area contributed by atoms with Crippen LogP contribution in [0.4, 0.5) is 0 Å². The van der Waals surface area contributed by atoms with Gasteiger partial charge in [0.1, 0.15) is 17.2 Å². The van der Waals surface area contributed by atoms with E-state index >= 15 is 0 Å². The van der Waals surface area contributed by atoms with Crippen LogP contribution < -0.4 is 4.74 Å². The van der Waals surface area contributed by atoms with Crippen LogP contribution in [0.2, 0.25) is 0 Å². The summed E-state index contributed by atoms with van der Waals surface area (Å²) in [6.07, 6.45) is 2.04. The highest BCUT2D eigenvalue weighted by Crippen LogP contribution is 2.33. The lowest BCUT2D eigenvalue weighted by Crippen LogP contribution is -2.37. The Hall–Kier alpha value is -1.85. The fourth-order valence-electron chi connectivity index (χ4n) is 3.08. The Morgan fingerprint density at radius 2 is 2.12 bits per heavy atom. The van der Waals surface area contributed by atoms with Gasteiger partial charge in [-0.2, -0.15) is 0 Å². The van der Waals surface area contributed by atoms with Gasteiger partial charge in [0.2, 0.25) is 0 Å². The number of aryl methyl sites for hydroxylation is 1. The van der Waals surface area contributed by atoms with Crippen LogP contribution >= 0.6 is 11.3 Å². The van der Waals surface area contributed by atoms with Crippen LogP contribution in [0.1, 0.15) is 33.0 Å². The Labute approximate surface area is 147 Å². The third-order valence-corrected chi connectivity index (χ3v) is 5.27. The minimum atomic E-state index is 0.0655. The summed E-state index contributed by atoms with van der Waals surface area (Å²) in [5, 5.41) is 0. The van der Waals surface area contributed by atoms with Crippen molar-refractivity contribution < 1.29 is 14.3 Å². The molecule has 0 bridgehead atoms. The van der Waals surface area contributed by atoms with Gasteiger partial charge in [0, 0.05) is 18.5 Å². The number of hydrogen-bond donors (Lipinski definition) is 0. The maximum Gasteiger partial charge on any atom is 0.268 e. The van der Waals surface area contributed by atoms with Gasteiger partial charge in [0.15, 0.2) is 0 Å². The summed E-state index contributed by atoms with van der Waals surface area (Å²) in [6, 6.07) is 12.1. The third kappa shape index (κ3) is 3.79. The zero-order valence-electron chi connectivity index (χ0n) is 14.2. The van der Waals surface area contributed by atoms with Crippen LogP contribution in [0.3, 0.4) is 0 Å². The van der Waals surface area contributed by atoms with Gasteiger partial charge in [-0.25, -0.2) is 0 Å². The number of carbonyl (C=O) groups is 1. The van der Waals surface area contributed by atoms with Gasteiger partial charge in [-0.05, 0) is 31.4 Å². The Bertz CT molecular complexity index is 683. The molecule has 0 N–H and O–H groups in total. The zero-order valence-corrected chi connectivity index (χ0v) is 15.0. The molecular formula is C19H23NO3S. The molecule has 1 atom stereocenters. The lowest BCUT2D eigenvalue weighted by atomic mass is 10.2. The summed E-state index contributed by atoms with van der Waals surface area (Å²) in [5.74, 6) is 0.755. The fraction of sp³-hybridized carbons (Fsp3) is 0.421. The molecule has 2 heterocycles. The molecule has 0 aliphatic carbocycles. The molecule has 1 amide bonds. The zero-order chi connectivity index (χ0) is 16.9. The van der Waals surface area contributed by atoms with E-state index in [2.05, 4.69) is 0 Å². The molecule has 0 radical (unpaired) electrons. The van der Waals surface area contributed by atoms with Crippen LogP contribution in [0.15, 0.2) is 36.4 Å². The molecule has 0 saturated carbocycles. The fourth-order valence-corrected chi connectivity index (χ4v) is 3.99. The summed E-state index contributed by atoms with van der Waals surface area (Å²) in [7, 11) is 1.69. The van der Waals surface area contributed by atoms with Crippen LogP contribution in [0, 0.1) is 6.92 Å². The first-order chi connectivity index (χ1) is 11.7. The second kappa shape index (κ2) is 7.81. The first-order valence-corrected chi connectivity index (χ1v) is 9.07. The number of hydrogen-bond acceptors (Lipinski definition) is 4. The van der Waals surface area contributed by atoms with Gasteiger partial charge < -0.3 is 14.4 Å². The lowest BCUT2D eigenvalue weighted by Gasteiger charge is -2.24. The molecule has 1 aliphatic rings. The number of likely N-dealkylation sites (tertiary alicyclic amines) is 1. The topological polar surface area (TPSA) is 38.8 Å². The van der Waals surface area contributed by atoms with E-state index in [4.69, 9.17) is 9.47 Å². The molecule has 1 aliphatic heterocycles. The van der Waals surface area contributed by atoms with Gasteiger partial charge >= 0.3 is 0 Å². The SMILES string of the molecule is COC[C@H]1CCCN1C(=O)c1sc(C)cc1OCc1ccccc1. The molecule has 1 saturated heterocycles. The van der Waals surface area contributed by atoms with Crippen LogP contribution in [0.5, 0.6) is 5.75 Å². The maximum atomic E-state index is 13.0. The maximum absolute atomic E-state index is 13.0. The van der Waals surface area contributed by atoms with Crippen molar-refractivity contribution in [1.29, 1.82) is 0 Å². The molecule has 3 rings (SSSR count). The van der Waals surface area contributed by atoms with Crippen molar-refractivity contribution in [3.05, 3.63) is 51.7 Å². The van der Waals surface area contributed by atoms with E-state index in [1.807, 2.05) is 48.2 Å². The average molecular weight is 345 g/mol. The second-order valence-electron chi connectivity index (χ2n) is 6.07. The number of ether oxygens (including phenoxy) is 2. The van der Waals surface area contributed by atoms with E-state index in [-0.39, 0.29) is 11.9 Å². The van der Waals surface area contributed by atoms with Crippen molar-refractivity contribution >= 4 is 17.2 Å².